The first-order chi connectivity index (χ1) is 8.58. The molecule has 3 rings (SSSR count). The summed E-state index contributed by atoms with van der Waals surface area (Å²) in [6.45, 7) is 3.89. The molecular weight excluding hydrogens is 224 g/mol. The fraction of sp³-hybridized carbons (Fsp3) is 0.312. The van der Waals surface area contributed by atoms with Crippen molar-refractivity contribution in [3.63, 3.8) is 0 Å². The van der Waals surface area contributed by atoms with E-state index in [0.717, 1.165) is 12.0 Å². The van der Waals surface area contributed by atoms with Crippen LogP contribution in [-0.4, -0.2) is 5.97 Å². The maximum absolute atomic E-state index is 11.8. The number of fused-ring (bicyclic) bond motifs is 1. The predicted molar refractivity (Wildman–Crippen MR) is 71.2 cm³/mol. The van der Waals surface area contributed by atoms with Crippen molar-refractivity contribution < 1.29 is 9.53 Å². The molecule has 18 heavy (non-hydrogen) atoms. The summed E-state index contributed by atoms with van der Waals surface area (Å²) in [6.07, 6.45) is 0.637. The molecule has 0 amide bonds. The molecule has 92 valence electrons. The van der Waals surface area contributed by atoms with Gasteiger partial charge in [-0.25, -0.2) is 0 Å². The van der Waals surface area contributed by atoms with Gasteiger partial charge in [-0.1, -0.05) is 42.5 Å². The topological polar surface area (TPSA) is 26.3 Å². The number of hydrogen-bond acceptors (Lipinski definition) is 2. The summed E-state index contributed by atoms with van der Waals surface area (Å²) in [7, 11) is 0. The molecule has 0 aliphatic carbocycles. The van der Waals surface area contributed by atoms with Gasteiger partial charge in [0, 0.05) is 12.0 Å². The molecule has 2 aromatic rings. The molecule has 2 nitrogen and oxygen atoms in total. The van der Waals surface area contributed by atoms with Crippen LogP contribution < -0.4 is 0 Å². The van der Waals surface area contributed by atoms with E-state index in [1.54, 1.807) is 0 Å². The monoisotopic (exact) mass is 240 g/mol. The fourth-order valence-corrected chi connectivity index (χ4v) is 2.58. The quantitative estimate of drug-likeness (QED) is 0.708. The van der Waals surface area contributed by atoms with Crippen LogP contribution in [0.2, 0.25) is 0 Å². The second-order valence-corrected chi connectivity index (χ2v) is 5.55. The molecular formula is C16H16O2. The molecule has 0 saturated carbocycles. The van der Waals surface area contributed by atoms with Crippen molar-refractivity contribution in [2.75, 3.05) is 0 Å². The smallest absolute Gasteiger partial charge is 0.312 e. The zero-order chi connectivity index (χ0) is 12.8. The Labute approximate surface area is 107 Å². The molecule has 1 atom stereocenters. The summed E-state index contributed by atoms with van der Waals surface area (Å²) in [5.74, 6) is -0.0968. The number of carbonyl (C=O) groups is 1. The van der Waals surface area contributed by atoms with E-state index in [9.17, 15) is 4.79 Å². The summed E-state index contributed by atoms with van der Waals surface area (Å²) < 4.78 is 5.53. The van der Waals surface area contributed by atoms with Crippen molar-refractivity contribution in [2.24, 2.45) is 5.41 Å². The lowest BCUT2D eigenvalue weighted by Gasteiger charge is -2.13. The highest BCUT2D eigenvalue weighted by Crippen LogP contribution is 2.43. The van der Waals surface area contributed by atoms with Gasteiger partial charge in [-0.2, -0.15) is 0 Å². The molecule has 1 aliphatic rings. The van der Waals surface area contributed by atoms with Gasteiger partial charge in [0.25, 0.3) is 0 Å². The second-order valence-electron chi connectivity index (χ2n) is 5.55. The number of ether oxygens (including phenoxy) is 1. The van der Waals surface area contributed by atoms with Gasteiger partial charge in [-0.3, -0.25) is 4.79 Å². The van der Waals surface area contributed by atoms with Gasteiger partial charge >= 0.3 is 5.97 Å². The van der Waals surface area contributed by atoms with Gasteiger partial charge in [0.05, 0.1) is 5.41 Å². The van der Waals surface area contributed by atoms with Crippen LogP contribution in [0.25, 0.3) is 10.8 Å². The summed E-state index contributed by atoms with van der Waals surface area (Å²) in [6, 6.07) is 14.4. The number of rotatable bonds is 1. The van der Waals surface area contributed by atoms with E-state index in [2.05, 4.69) is 24.3 Å². The summed E-state index contributed by atoms with van der Waals surface area (Å²) in [5, 5.41) is 2.37. The molecule has 2 heteroatoms. The van der Waals surface area contributed by atoms with Gasteiger partial charge in [-0.05, 0) is 24.6 Å². The Hall–Kier alpha value is -1.83. The Bertz CT molecular complexity index is 608. The molecule has 1 heterocycles. The number of esters is 1. The molecule has 0 unspecified atom stereocenters. The molecule has 1 saturated heterocycles. The van der Waals surface area contributed by atoms with E-state index in [1.807, 2.05) is 32.0 Å². The normalized spacial score (nSPS) is 22.1. The van der Waals surface area contributed by atoms with Crippen molar-refractivity contribution in [1.29, 1.82) is 0 Å². The molecule has 0 radical (unpaired) electrons. The summed E-state index contributed by atoms with van der Waals surface area (Å²) in [4.78, 5) is 11.8. The molecule has 0 bridgehead atoms. The van der Waals surface area contributed by atoms with E-state index in [0.29, 0.717) is 0 Å². The summed E-state index contributed by atoms with van der Waals surface area (Å²) in [5.41, 5.74) is 0.744. The lowest BCUT2D eigenvalue weighted by molar-refractivity contribution is -0.147. The largest absolute Gasteiger partial charge is 0.457 e. The van der Waals surface area contributed by atoms with Crippen molar-refractivity contribution in [1.82, 2.24) is 0 Å². The zero-order valence-corrected chi connectivity index (χ0v) is 10.6. The maximum Gasteiger partial charge on any atom is 0.312 e. The standard InChI is InChI=1S/C16H16O2/c1-16(2)10-14(18-15(16)17)13-9-5-7-11-6-3-4-8-12(11)13/h3-9,14H,10H2,1-2H3/t14-/m0/s1. The Kier molecular flexibility index (Phi) is 2.40. The molecule has 0 spiro atoms. The minimum atomic E-state index is -0.373. The first kappa shape index (κ1) is 11.3. The van der Waals surface area contributed by atoms with Gasteiger partial charge in [-0.15, -0.1) is 0 Å². The van der Waals surface area contributed by atoms with Crippen LogP contribution in [0.15, 0.2) is 42.5 Å². The number of cyclic esters (lactones) is 1. The first-order valence-corrected chi connectivity index (χ1v) is 6.27. The third-order valence-electron chi connectivity index (χ3n) is 3.67. The average molecular weight is 240 g/mol. The zero-order valence-electron chi connectivity index (χ0n) is 10.6. The van der Waals surface area contributed by atoms with E-state index in [1.165, 1.54) is 10.8 Å². The SMILES string of the molecule is CC1(C)C[C@@H](c2cccc3ccccc23)OC1=O. The molecule has 0 N–H and O–H groups in total. The van der Waals surface area contributed by atoms with Crippen LogP contribution in [0.1, 0.15) is 31.9 Å². The lowest BCUT2D eigenvalue weighted by atomic mass is 9.87. The molecule has 1 aliphatic heterocycles. The van der Waals surface area contributed by atoms with Crippen molar-refractivity contribution in [2.45, 2.75) is 26.4 Å². The van der Waals surface area contributed by atoms with Crippen LogP contribution >= 0.6 is 0 Å². The van der Waals surface area contributed by atoms with Crippen LogP contribution in [0.4, 0.5) is 0 Å². The van der Waals surface area contributed by atoms with E-state index in [4.69, 9.17) is 4.74 Å². The van der Waals surface area contributed by atoms with Crippen LogP contribution in [-0.2, 0) is 9.53 Å². The number of benzene rings is 2. The van der Waals surface area contributed by atoms with Crippen LogP contribution in [0.5, 0.6) is 0 Å². The fourth-order valence-electron chi connectivity index (χ4n) is 2.58. The minimum Gasteiger partial charge on any atom is -0.457 e. The second kappa shape index (κ2) is 3.84. The number of carbonyl (C=O) groups excluding carboxylic acids is 1. The third-order valence-corrected chi connectivity index (χ3v) is 3.67. The predicted octanol–water partition coefficient (Wildman–Crippen LogP) is 3.85. The van der Waals surface area contributed by atoms with Crippen LogP contribution in [0.3, 0.4) is 0 Å². The van der Waals surface area contributed by atoms with Crippen molar-refractivity contribution in [3.8, 4) is 0 Å². The maximum atomic E-state index is 11.8. The van der Waals surface area contributed by atoms with Crippen LogP contribution in [0, 0.1) is 5.41 Å². The Morgan fingerprint density at radius 3 is 2.56 bits per heavy atom. The molecule has 1 fully saturated rings. The highest BCUT2D eigenvalue weighted by Gasteiger charge is 2.42. The average Bonchev–Trinajstić information content (AvgIpc) is 2.63. The van der Waals surface area contributed by atoms with Crippen molar-refractivity contribution in [3.05, 3.63) is 48.0 Å². The Morgan fingerprint density at radius 1 is 1.11 bits per heavy atom. The van der Waals surface area contributed by atoms with E-state index >= 15 is 0 Å². The molecule has 0 aromatic heterocycles. The Balaban J connectivity index is 2.09. The van der Waals surface area contributed by atoms with Gasteiger partial charge < -0.3 is 4.74 Å². The van der Waals surface area contributed by atoms with E-state index in [-0.39, 0.29) is 17.5 Å². The highest BCUT2D eigenvalue weighted by atomic mass is 16.6. The van der Waals surface area contributed by atoms with Gasteiger partial charge in [0.1, 0.15) is 6.10 Å². The summed E-state index contributed by atoms with van der Waals surface area (Å²) >= 11 is 0. The van der Waals surface area contributed by atoms with Gasteiger partial charge in [0.15, 0.2) is 0 Å². The Morgan fingerprint density at radius 2 is 1.83 bits per heavy atom. The highest BCUT2D eigenvalue weighted by molar-refractivity contribution is 5.87. The lowest BCUT2D eigenvalue weighted by Crippen LogP contribution is -2.16. The van der Waals surface area contributed by atoms with Gasteiger partial charge in [0.2, 0.25) is 0 Å². The minimum absolute atomic E-state index is 0.0968. The molecule has 2 aromatic carbocycles. The number of hydrogen-bond donors (Lipinski definition) is 0. The van der Waals surface area contributed by atoms with E-state index < -0.39 is 0 Å². The first-order valence-electron chi connectivity index (χ1n) is 6.27. The van der Waals surface area contributed by atoms with Crippen molar-refractivity contribution >= 4 is 16.7 Å². The third kappa shape index (κ3) is 1.69.